The first-order valence-corrected chi connectivity index (χ1v) is 12.6. The molecule has 0 aliphatic rings. The Kier molecular flexibility index (Phi) is 8.94. The maximum absolute atomic E-state index is 11.3. The molecule has 5 N–H and O–H groups in total. The first-order valence-electron chi connectivity index (χ1n) is 11.8. The van der Waals surface area contributed by atoms with Crippen LogP contribution in [0.1, 0.15) is 53.7 Å². The minimum atomic E-state index is -0.988. The molecule has 1 atom stereocenters. The lowest BCUT2D eigenvalue weighted by molar-refractivity contribution is 0.0647. The minimum Gasteiger partial charge on any atom is -0.478 e. The van der Waals surface area contributed by atoms with Crippen molar-refractivity contribution in [3.05, 3.63) is 64.7 Å². The summed E-state index contributed by atoms with van der Waals surface area (Å²) in [4.78, 5) is 21.4. The Labute approximate surface area is 216 Å². The van der Waals surface area contributed by atoms with E-state index in [4.69, 9.17) is 15.5 Å². The Balaban J connectivity index is 1.90. The van der Waals surface area contributed by atoms with Crippen molar-refractivity contribution in [2.75, 3.05) is 11.3 Å². The van der Waals surface area contributed by atoms with Gasteiger partial charge >= 0.3 is 5.97 Å². The maximum Gasteiger partial charge on any atom is 0.335 e. The van der Waals surface area contributed by atoms with Crippen molar-refractivity contribution >= 4 is 23.9 Å². The number of carboxylic acid groups (broad SMARTS) is 1. The smallest absolute Gasteiger partial charge is 0.335 e. The molecule has 0 aliphatic heterocycles. The van der Waals surface area contributed by atoms with Crippen LogP contribution in [0.2, 0.25) is 0 Å². The summed E-state index contributed by atoms with van der Waals surface area (Å²) in [7, 11) is 0. The van der Waals surface area contributed by atoms with Gasteiger partial charge in [-0.2, -0.15) is 4.98 Å². The fourth-order valence-electron chi connectivity index (χ4n) is 3.72. The molecular formula is C27H34N4O4S. The Morgan fingerprint density at radius 1 is 1.14 bits per heavy atom. The lowest BCUT2D eigenvalue weighted by atomic mass is 9.97. The van der Waals surface area contributed by atoms with Gasteiger partial charge in [0.15, 0.2) is 0 Å². The number of carbonyl (C=O) groups is 1. The Bertz CT molecular complexity index is 1210. The first kappa shape index (κ1) is 27.4. The molecule has 1 aromatic heterocycles. The van der Waals surface area contributed by atoms with Gasteiger partial charge in [0.05, 0.1) is 16.9 Å². The second-order valence-electron chi connectivity index (χ2n) is 9.55. The van der Waals surface area contributed by atoms with Crippen LogP contribution in [0.5, 0.6) is 5.88 Å². The van der Waals surface area contributed by atoms with E-state index in [0.717, 1.165) is 27.9 Å². The molecule has 3 rings (SSSR count). The SMILES string of the molecule is Cc1cccc(C)c1-c1nc(NSc2cccc(C(=O)O)c2)nc(OCC(N)CCC(C)(C)O)c1C. The van der Waals surface area contributed by atoms with Crippen molar-refractivity contribution in [2.45, 2.75) is 64.0 Å². The molecule has 3 aromatic rings. The van der Waals surface area contributed by atoms with E-state index in [1.807, 2.05) is 45.0 Å². The van der Waals surface area contributed by atoms with Gasteiger partial charge in [0.2, 0.25) is 11.8 Å². The predicted octanol–water partition coefficient (Wildman–Crippen LogP) is 5.14. The van der Waals surface area contributed by atoms with Crippen molar-refractivity contribution in [1.29, 1.82) is 0 Å². The Morgan fingerprint density at radius 2 is 1.81 bits per heavy atom. The number of aryl methyl sites for hydroxylation is 2. The maximum atomic E-state index is 11.3. The van der Waals surface area contributed by atoms with Crippen molar-refractivity contribution in [1.82, 2.24) is 9.97 Å². The summed E-state index contributed by atoms with van der Waals surface area (Å²) < 4.78 is 9.20. The van der Waals surface area contributed by atoms with Crippen LogP contribution in [0.4, 0.5) is 5.95 Å². The molecule has 2 aromatic carbocycles. The summed E-state index contributed by atoms with van der Waals surface area (Å²) in [5, 5.41) is 19.3. The number of hydrogen-bond acceptors (Lipinski definition) is 8. The molecule has 9 heteroatoms. The molecule has 0 saturated carbocycles. The van der Waals surface area contributed by atoms with Gasteiger partial charge in [-0.05, 0) is 88.7 Å². The second-order valence-corrected chi connectivity index (χ2v) is 10.4. The molecule has 0 aliphatic carbocycles. The standard InChI is InChI=1S/C27H34N4O4S/c1-16-8-6-9-17(2)22(16)23-18(3)24(35-15-20(28)12-13-27(4,5)34)30-26(29-23)31-36-21-11-7-10-19(14-21)25(32)33/h6-11,14,20,34H,12-13,15,28H2,1-5H3,(H,32,33)(H,29,30,31). The van der Waals surface area contributed by atoms with Crippen LogP contribution in [0, 0.1) is 20.8 Å². The average molecular weight is 511 g/mol. The van der Waals surface area contributed by atoms with Gasteiger partial charge in [-0.25, -0.2) is 9.78 Å². The van der Waals surface area contributed by atoms with Crippen LogP contribution >= 0.6 is 11.9 Å². The van der Waals surface area contributed by atoms with Crippen molar-refractivity contribution in [3.8, 4) is 17.1 Å². The van der Waals surface area contributed by atoms with Gasteiger partial charge in [0.25, 0.3) is 0 Å². The summed E-state index contributed by atoms with van der Waals surface area (Å²) >= 11 is 1.22. The predicted molar refractivity (Wildman–Crippen MR) is 144 cm³/mol. The highest BCUT2D eigenvalue weighted by molar-refractivity contribution is 8.00. The van der Waals surface area contributed by atoms with Crippen LogP contribution in [0.3, 0.4) is 0 Å². The van der Waals surface area contributed by atoms with Gasteiger partial charge in [0, 0.05) is 22.1 Å². The van der Waals surface area contributed by atoms with Crippen molar-refractivity contribution in [3.63, 3.8) is 0 Å². The highest BCUT2D eigenvalue weighted by Gasteiger charge is 2.19. The molecule has 8 nitrogen and oxygen atoms in total. The summed E-state index contributed by atoms with van der Waals surface area (Å²) in [6, 6.07) is 12.4. The van der Waals surface area contributed by atoms with Crippen LogP contribution in [0.15, 0.2) is 47.4 Å². The summed E-state index contributed by atoms with van der Waals surface area (Å²) in [6.07, 6.45) is 1.17. The fourth-order valence-corrected chi connectivity index (χ4v) is 4.35. The molecular weight excluding hydrogens is 476 g/mol. The summed E-state index contributed by atoms with van der Waals surface area (Å²) in [5.41, 5.74) is 10.4. The molecule has 0 saturated heterocycles. The van der Waals surface area contributed by atoms with Gasteiger partial charge < -0.3 is 20.7 Å². The number of nitrogens with two attached hydrogens (primary N) is 1. The minimum absolute atomic E-state index is 0.201. The Morgan fingerprint density at radius 3 is 2.44 bits per heavy atom. The molecule has 0 spiro atoms. The normalized spacial score (nSPS) is 12.3. The highest BCUT2D eigenvalue weighted by atomic mass is 32.2. The van der Waals surface area contributed by atoms with E-state index in [1.54, 1.807) is 32.0 Å². The van der Waals surface area contributed by atoms with E-state index in [1.165, 1.54) is 11.9 Å². The van der Waals surface area contributed by atoms with E-state index < -0.39 is 11.6 Å². The van der Waals surface area contributed by atoms with E-state index in [-0.39, 0.29) is 18.2 Å². The third-order valence-corrected chi connectivity index (χ3v) is 6.50. The quantitative estimate of drug-likeness (QED) is 0.259. The zero-order chi connectivity index (χ0) is 26.5. The van der Waals surface area contributed by atoms with Gasteiger partial charge in [0.1, 0.15) is 6.61 Å². The number of aliphatic hydroxyl groups is 1. The van der Waals surface area contributed by atoms with Gasteiger partial charge in [-0.1, -0.05) is 24.3 Å². The second kappa shape index (κ2) is 11.7. The molecule has 0 radical (unpaired) electrons. The number of aromatic carboxylic acids is 1. The number of rotatable bonds is 11. The average Bonchev–Trinajstić information content (AvgIpc) is 2.81. The van der Waals surface area contributed by atoms with E-state index in [9.17, 15) is 15.0 Å². The van der Waals surface area contributed by atoms with Crippen LogP contribution in [-0.2, 0) is 0 Å². The molecule has 0 amide bonds. The number of hydrogen-bond donors (Lipinski definition) is 4. The molecule has 0 bridgehead atoms. The molecule has 0 fully saturated rings. The third-order valence-electron chi connectivity index (χ3n) is 5.72. The third kappa shape index (κ3) is 7.43. The van der Waals surface area contributed by atoms with E-state index >= 15 is 0 Å². The number of aromatic nitrogens is 2. The van der Waals surface area contributed by atoms with E-state index in [2.05, 4.69) is 9.71 Å². The largest absolute Gasteiger partial charge is 0.478 e. The zero-order valence-electron chi connectivity index (χ0n) is 21.3. The zero-order valence-corrected chi connectivity index (χ0v) is 22.1. The topological polar surface area (TPSA) is 131 Å². The molecule has 1 unspecified atom stereocenters. The molecule has 36 heavy (non-hydrogen) atoms. The first-order chi connectivity index (χ1) is 16.9. The number of nitrogens with zero attached hydrogens (tertiary/aromatic N) is 2. The van der Waals surface area contributed by atoms with Crippen molar-refractivity contribution < 1.29 is 19.7 Å². The number of carboxylic acids is 1. The molecule has 1 heterocycles. The lowest BCUT2D eigenvalue weighted by Gasteiger charge is -2.21. The number of nitrogens with one attached hydrogen (secondary N) is 1. The van der Waals surface area contributed by atoms with Crippen molar-refractivity contribution in [2.24, 2.45) is 5.73 Å². The van der Waals surface area contributed by atoms with Crippen LogP contribution < -0.4 is 15.2 Å². The van der Waals surface area contributed by atoms with Gasteiger partial charge in [-0.3, -0.25) is 4.72 Å². The van der Waals surface area contributed by atoms with Gasteiger partial charge in [-0.15, -0.1) is 0 Å². The summed E-state index contributed by atoms with van der Waals surface area (Å²) in [6.45, 7) is 9.76. The lowest BCUT2D eigenvalue weighted by Crippen LogP contribution is -2.31. The fraction of sp³-hybridized carbons (Fsp3) is 0.370. The highest BCUT2D eigenvalue weighted by Crippen LogP contribution is 2.34. The molecule has 192 valence electrons. The number of ether oxygens (including phenoxy) is 1. The number of benzene rings is 2. The summed E-state index contributed by atoms with van der Waals surface area (Å²) in [5.74, 6) is -0.231. The number of anilines is 1. The van der Waals surface area contributed by atoms with Crippen LogP contribution in [0.25, 0.3) is 11.3 Å². The van der Waals surface area contributed by atoms with Crippen LogP contribution in [-0.4, -0.2) is 44.4 Å². The van der Waals surface area contributed by atoms with E-state index in [0.29, 0.717) is 29.6 Å². The monoisotopic (exact) mass is 510 g/mol. The Hall–Kier alpha value is -3.14.